The lowest BCUT2D eigenvalue weighted by molar-refractivity contribution is -0.944. The highest BCUT2D eigenvalue weighted by molar-refractivity contribution is 6.30. The number of halogens is 4. The van der Waals surface area contributed by atoms with Crippen LogP contribution in [0.4, 0.5) is 0 Å². The predicted molar refractivity (Wildman–Crippen MR) is 225 cm³/mol. The molecule has 5 saturated carbocycles. The number of carboxylic acid groups (broad SMARTS) is 2. The maximum Gasteiger partial charge on any atom is 0.105 e. The van der Waals surface area contributed by atoms with Gasteiger partial charge in [0.2, 0.25) is 0 Å². The predicted octanol–water partition coefficient (Wildman–Crippen LogP) is -3.23. The number of hydrogen-bond donors (Lipinski definition) is 2. The van der Waals surface area contributed by atoms with Gasteiger partial charge in [-0.05, 0) is 140 Å². The average molecular weight is 915 g/mol. The zero-order valence-corrected chi connectivity index (χ0v) is 40.5. The van der Waals surface area contributed by atoms with E-state index in [4.69, 9.17) is 23.2 Å². The van der Waals surface area contributed by atoms with Gasteiger partial charge in [-0.15, -0.1) is 23.2 Å². The average Bonchev–Trinajstić information content (AvgIpc) is 3.58. The topological polar surface area (TPSA) is 95.6 Å². The van der Waals surface area contributed by atoms with Crippen LogP contribution in [0.25, 0.3) is 0 Å². The second-order valence-corrected chi connectivity index (χ2v) is 24.5. The van der Waals surface area contributed by atoms with Crippen LogP contribution < -0.4 is 44.8 Å². The van der Waals surface area contributed by atoms with Gasteiger partial charge in [-0.1, -0.05) is 46.8 Å². The molecule has 4 bridgehead atoms. The van der Waals surface area contributed by atoms with Crippen molar-refractivity contribution in [2.75, 3.05) is 65.4 Å². The van der Waals surface area contributed by atoms with Gasteiger partial charge in [-0.2, -0.15) is 0 Å². The van der Waals surface area contributed by atoms with Crippen LogP contribution in [-0.4, -0.2) is 110 Å². The Morgan fingerprint density at radius 1 is 0.717 bits per heavy atom. The molecule has 2 N–H and O–H groups in total. The normalized spacial score (nSPS) is 49.3. The van der Waals surface area contributed by atoms with E-state index in [9.17, 15) is 19.8 Å². The van der Waals surface area contributed by atoms with Crippen molar-refractivity contribution < 1.29 is 54.4 Å². The second-order valence-electron chi connectivity index (χ2n) is 23.5. The third-order valence-electron chi connectivity index (χ3n) is 21.6. The zero-order valence-electron chi connectivity index (χ0n) is 37.5. The van der Waals surface area contributed by atoms with Gasteiger partial charge in [0.05, 0.1) is 62.0 Å². The van der Waals surface area contributed by atoms with Crippen LogP contribution in [0.5, 0.6) is 0 Å². The highest BCUT2D eigenvalue weighted by atomic mass is 35.5. The lowest BCUT2D eigenvalue weighted by Gasteiger charge is -2.73. The fourth-order valence-corrected chi connectivity index (χ4v) is 19.3. The molecule has 342 valence electrons. The minimum Gasteiger partial charge on any atom is -1.00 e. The number of nitrogens with zero attached hydrogens (tertiary/aromatic N) is 2. The van der Waals surface area contributed by atoms with E-state index >= 15 is 0 Å². The number of nitrogens with one attached hydrogen (secondary N) is 2. The number of rotatable bonds is 10. The molecule has 0 aromatic rings. The number of carbonyl (C=O) groups is 2. The van der Waals surface area contributed by atoms with E-state index in [0.29, 0.717) is 29.6 Å². The number of carboxylic acids is 2. The van der Waals surface area contributed by atoms with Gasteiger partial charge in [-0.25, -0.2) is 0 Å². The second kappa shape index (κ2) is 16.8. The molecule has 7 unspecified atom stereocenters. The summed E-state index contributed by atoms with van der Waals surface area (Å²) in [4.78, 5) is 33.6. The van der Waals surface area contributed by atoms with E-state index in [-0.39, 0.29) is 81.7 Å². The first-order valence-electron chi connectivity index (χ1n) is 23.9. The largest absolute Gasteiger partial charge is 1.00 e. The summed E-state index contributed by atoms with van der Waals surface area (Å²) in [6.45, 7) is 30.7. The third kappa shape index (κ3) is 7.09. The molecular weight excluding hydrogens is 838 g/mol. The highest BCUT2D eigenvalue weighted by Gasteiger charge is 2.72. The van der Waals surface area contributed by atoms with Crippen molar-refractivity contribution >= 4 is 35.1 Å². The summed E-state index contributed by atoms with van der Waals surface area (Å²) in [5, 5.41) is 23.4. The van der Waals surface area contributed by atoms with Gasteiger partial charge in [-0.3, -0.25) is 9.80 Å². The number of aliphatic carboxylic acids is 2. The molecule has 0 radical (unpaired) electrons. The Bertz CT molecular complexity index is 1640. The molecule has 11 fully saturated rings. The number of carbonyl (C=O) groups excluding carboxylic acids is 2. The summed E-state index contributed by atoms with van der Waals surface area (Å²) < 4.78 is 0. The molecule has 8 nitrogen and oxygen atoms in total. The van der Waals surface area contributed by atoms with Gasteiger partial charge in [0.1, 0.15) is 12.1 Å². The molecule has 6 saturated heterocycles. The van der Waals surface area contributed by atoms with Crippen molar-refractivity contribution in [3.05, 3.63) is 12.2 Å². The van der Waals surface area contributed by atoms with Crippen molar-refractivity contribution in [2.24, 2.45) is 74.4 Å². The Hall–Kier alpha value is -0.320. The number of hydrogen-bond acceptors (Lipinski definition) is 6. The zero-order chi connectivity index (χ0) is 41.3. The van der Waals surface area contributed by atoms with Crippen LogP contribution in [0, 0.1) is 74.4 Å². The summed E-state index contributed by atoms with van der Waals surface area (Å²) >= 11 is 14.0. The lowest BCUT2D eigenvalue weighted by atomic mass is 9.31. The number of fused-ring (bicyclic) bond motifs is 13. The van der Waals surface area contributed by atoms with Crippen LogP contribution in [-0.2, 0) is 9.59 Å². The van der Waals surface area contributed by atoms with Crippen molar-refractivity contribution in [2.45, 2.75) is 135 Å². The molecule has 6 heterocycles. The molecule has 16 atom stereocenters. The molecule has 0 amide bonds. The van der Waals surface area contributed by atoms with E-state index in [1.54, 1.807) is 9.80 Å². The smallest absolute Gasteiger partial charge is 0.105 e. The van der Waals surface area contributed by atoms with Crippen LogP contribution in [0.2, 0.25) is 0 Å². The van der Waals surface area contributed by atoms with Crippen LogP contribution in [0.15, 0.2) is 12.2 Å². The summed E-state index contributed by atoms with van der Waals surface area (Å²) in [6, 6.07) is 0.501. The van der Waals surface area contributed by atoms with Gasteiger partial charge in [0.15, 0.2) is 0 Å². The first kappa shape index (κ1) is 47.6. The molecule has 11 rings (SSSR count). The Morgan fingerprint density at radius 3 is 1.83 bits per heavy atom. The highest BCUT2D eigenvalue weighted by Crippen LogP contribution is 2.78. The van der Waals surface area contributed by atoms with Crippen LogP contribution >= 0.6 is 23.2 Å². The molecule has 5 aliphatic carbocycles. The fourth-order valence-electron chi connectivity index (χ4n) is 18.7. The summed E-state index contributed by atoms with van der Waals surface area (Å²) in [5.74, 6) is 0.564. The van der Waals surface area contributed by atoms with Gasteiger partial charge < -0.3 is 54.4 Å². The van der Waals surface area contributed by atoms with E-state index in [1.165, 1.54) is 37.7 Å². The first-order valence-corrected chi connectivity index (χ1v) is 24.7. The van der Waals surface area contributed by atoms with Gasteiger partial charge >= 0.3 is 0 Å². The monoisotopic (exact) mass is 912 g/mol. The quantitative estimate of drug-likeness (QED) is 0.177. The Balaban J connectivity index is 0.00000272. The van der Waals surface area contributed by atoms with Gasteiger partial charge in [0.25, 0.3) is 0 Å². The van der Waals surface area contributed by atoms with Crippen LogP contribution in [0.3, 0.4) is 0 Å². The minimum atomic E-state index is -1.09. The molecule has 0 spiro atoms. The standard InChI is InChI=1S/C48H76Cl2N4O4.2ClH/c1-29(2)30-10-15-48(26-31(40(49)42(55)56)34-27-51-18-22-53(34)23-19-51)17-16-46(6)33(39(30)48)8-9-37-45(5)13-11-32(44(3,4)36(45)12-14-47(37,46)7)38(41(50)43(57)58)35-28-52-20-24-54(35)25-21-52;;/h30-41H,1,8-28H2,2-7H3,(H,55,56)(H,57,58);2*1H/p-2/t30-,31?,32?,33+,34?,35?,36-,37+,38?,39+,40?,41?,45-,46+,47+,48+;;/m0../s1. The molecule has 6 aliphatic heterocycles. The first-order chi connectivity index (χ1) is 27.4. The molecular formula is C48H76Cl4N4O4-2. The van der Waals surface area contributed by atoms with Crippen LogP contribution in [0.1, 0.15) is 112 Å². The fraction of sp³-hybridized carbons (Fsp3) is 0.917. The Morgan fingerprint density at radius 2 is 1.30 bits per heavy atom. The molecule has 0 aromatic carbocycles. The summed E-state index contributed by atoms with van der Waals surface area (Å²) in [7, 11) is 0. The van der Waals surface area contributed by atoms with E-state index in [0.717, 1.165) is 104 Å². The molecule has 60 heavy (non-hydrogen) atoms. The molecule has 11 aliphatic rings. The number of piperazine rings is 6. The lowest BCUT2D eigenvalue weighted by Crippen LogP contribution is -3.22. The van der Waals surface area contributed by atoms with Crippen molar-refractivity contribution in [3.63, 3.8) is 0 Å². The van der Waals surface area contributed by atoms with E-state index < -0.39 is 22.7 Å². The van der Waals surface area contributed by atoms with E-state index in [1.807, 2.05) is 0 Å². The summed E-state index contributed by atoms with van der Waals surface area (Å²) in [5.41, 5.74) is 1.90. The Kier molecular flexibility index (Phi) is 13.4. The van der Waals surface area contributed by atoms with E-state index in [2.05, 4.69) is 57.9 Å². The number of quaternary nitrogens is 2. The van der Waals surface area contributed by atoms with Crippen molar-refractivity contribution in [1.82, 2.24) is 9.80 Å². The summed E-state index contributed by atoms with van der Waals surface area (Å²) in [6.07, 6.45) is 12.6. The third-order valence-corrected chi connectivity index (χ3v) is 22.5. The maximum atomic E-state index is 12.7. The molecule has 0 aromatic heterocycles. The maximum absolute atomic E-state index is 12.7. The van der Waals surface area contributed by atoms with Gasteiger partial charge in [0, 0.05) is 38.0 Å². The molecule has 12 heteroatoms. The van der Waals surface area contributed by atoms with Crippen molar-refractivity contribution in [3.8, 4) is 0 Å². The minimum absolute atomic E-state index is 0. The Labute approximate surface area is 384 Å². The SMILES string of the molecule is C=C(C)[C@@H]1CC[C@]2(CC(C(Cl)C(=O)[O-])C3CN4CC[NH+]3CC4)CC[C@]3(C)[C@H](CC[C@@H]4[C@@]5(C)CCC(C(C(Cl)C(=O)[O-])C6CN7CC[NH+]6CC7)C(C)(C)[C@@H]5CC[C@]43C)[C@@H]12.[Cl-].[Cl-]. The number of alkyl halides is 2. The van der Waals surface area contributed by atoms with Crippen molar-refractivity contribution in [1.29, 1.82) is 0 Å². The number of allylic oxidation sites excluding steroid dienone is 1.